The van der Waals surface area contributed by atoms with Gasteiger partial charge in [-0.25, -0.2) is 8.78 Å². The summed E-state index contributed by atoms with van der Waals surface area (Å²) in [6.45, 7) is 4.84. The van der Waals surface area contributed by atoms with Crippen molar-refractivity contribution in [2.24, 2.45) is 0 Å². The van der Waals surface area contributed by atoms with Crippen LogP contribution in [0.15, 0.2) is 36.4 Å². The number of nitrogens with one attached hydrogen (secondary N) is 2. The van der Waals surface area contributed by atoms with Gasteiger partial charge in [0.1, 0.15) is 17.4 Å². The molecule has 2 aromatic carbocycles. The van der Waals surface area contributed by atoms with Crippen LogP contribution in [-0.2, 0) is 11.2 Å². The monoisotopic (exact) mass is 630 g/mol. The van der Waals surface area contributed by atoms with Crippen molar-refractivity contribution in [3.8, 4) is 0 Å². The van der Waals surface area contributed by atoms with Crippen LogP contribution in [0.25, 0.3) is 0 Å². The third-order valence-electron chi connectivity index (χ3n) is 5.08. The molecule has 2 unspecified atom stereocenters. The van der Waals surface area contributed by atoms with E-state index in [2.05, 4.69) is 10.6 Å². The highest BCUT2D eigenvalue weighted by Crippen LogP contribution is 2.40. The Hall–Kier alpha value is -1.93. The van der Waals surface area contributed by atoms with Gasteiger partial charge in [-0.05, 0) is 72.7 Å². The summed E-state index contributed by atoms with van der Waals surface area (Å²) in [5, 5.41) is 5.26. The van der Waals surface area contributed by atoms with Gasteiger partial charge in [-0.3, -0.25) is 9.59 Å². The Morgan fingerprint density at radius 3 is 2.34 bits per heavy atom. The van der Waals surface area contributed by atoms with Crippen LogP contribution >= 0.6 is 22.6 Å². The zero-order valence-electron chi connectivity index (χ0n) is 19.0. The molecule has 0 aromatic heterocycles. The summed E-state index contributed by atoms with van der Waals surface area (Å²) in [6.07, 6.45) is -8.77. The maximum atomic E-state index is 13.1. The van der Waals surface area contributed by atoms with Crippen molar-refractivity contribution in [2.45, 2.75) is 45.3 Å². The van der Waals surface area contributed by atoms with E-state index in [1.807, 2.05) is 22.6 Å². The van der Waals surface area contributed by atoms with Gasteiger partial charge in [-0.1, -0.05) is 29.4 Å². The van der Waals surface area contributed by atoms with Gasteiger partial charge in [0.2, 0.25) is 0 Å². The molecule has 0 heterocycles. The molecule has 2 amide bonds. The molecule has 0 spiro atoms. The summed E-state index contributed by atoms with van der Waals surface area (Å²) < 4.78 is 77.5. The molecule has 5 nitrogen and oxygen atoms in total. The number of carbonyl (C=O) groups is 2. The number of alkyl halides is 5. The predicted octanol–water partition coefficient (Wildman–Crippen LogP) is 5.65. The van der Waals surface area contributed by atoms with E-state index in [0.717, 1.165) is 18.2 Å². The van der Waals surface area contributed by atoms with E-state index in [-0.39, 0.29) is 28.1 Å². The Morgan fingerprint density at radius 2 is 1.80 bits per heavy atom. The minimum Gasteiger partial charge on any atom is -0.616 e. The van der Waals surface area contributed by atoms with Crippen LogP contribution < -0.4 is 10.6 Å². The Labute approximate surface area is 216 Å². The number of carbonyl (C=O) groups excluding carboxylic acids is 2. The van der Waals surface area contributed by atoms with Crippen LogP contribution in [0.2, 0.25) is 0 Å². The number of rotatable bonds is 9. The van der Waals surface area contributed by atoms with E-state index < -0.39 is 53.1 Å². The molecule has 0 aliphatic carbocycles. The average Bonchev–Trinajstić information content (AvgIpc) is 2.73. The van der Waals surface area contributed by atoms with Crippen molar-refractivity contribution in [3.05, 3.63) is 62.2 Å². The van der Waals surface area contributed by atoms with Crippen molar-refractivity contribution < 1.29 is 36.1 Å². The first-order valence-corrected chi connectivity index (χ1v) is 13.0. The quantitative estimate of drug-likeness (QED) is 0.214. The molecule has 192 valence electrons. The standard InChI is InChI=1S/C23H24F5IN2O3S/c1-4-35(34)11-13(3)30-22(33)18-15(6-5-7-16(18)29)21(32)31-17-9-8-14(10-12(17)2)19(20(24)25)23(26,27)28/h5-10,13,19-20H,4,11H2,1-3H3,(H,30,33)(H,31,32)/t13-,19?,35?/m0/s1. The Bertz CT molecular complexity index is 1070. The zero-order valence-corrected chi connectivity index (χ0v) is 22.0. The van der Waals surface area contributed by atoms with Crippen LogP contribution in [0.1, 0.15) is 51.6 Å². The minimum absolute atomic E-state index is 0.0161. The van der Waals surface area contributed by atoms with E-state index in [9.17, 15) is 36.1 Å². The normalized spacial score (nSPS) is 14.4. The molecule has 0 aliphatic heterocycles. The van der Waals surface area contributed by atoms with Gasteiger partial charge in [0.25, 0.3) is 18.2 Å². The average molecular weight is 630 g/mol. The smallest absolute Gasteiger partial charge is 0.401 e. The molecule has 2 rings (SSSR count). The van der Waals surface area contributed by atoms with Crippen molar-refractivity contribution in [1.29, 1.82) is 0 Å². The van der Waals surface area contributed by atoms with Crippen LogP contribution in [0.5, 0.6) is 0 Å². The predicted molar refractivity (Wildman–Crippen MR) is 134 cm³/mol. The molecule has 0 radical (unpaired) electrons. The van der Waals surface area contributed by atoms with Crippen molar-refractivity contribution >= 4 is 51.3 Å². The first-order chi connectivity index (χ1) is 16.3. The first kappa shape index (κ1) is 29.3. The molecule has 0 saturated heterocycles. The topological polar surface area (TPSA) is 81.3 Å². The number of amides is 2. The Morgan fingerprint density at radius 1 is 1.14 bits per heavy atom. The third kappa shape index (κ3) is 7.78. The highest BCUT2D eigenvalue weighted by Gasteiger charge is 2.47. The van der Waals surface area contributed by atoms with E-state index >= 15 is 0 Å². The number of aryl methyl sites for hydroxylation is 1. The maximum Gasteiger partial charge on any atom is 0.401 e. The summed E-state index contributed by atoms with van der Waals surface area (Å²) in [6, 6.07) is 7.17. The fraction of sp³-hybridized carbons (Fsp3) is 0.391. The second kappa shape index (κ2) is 12.3. The molecule has 2 N–H and O–H groups in total. The van der Waals surface area contributed by atoms with Crippen LogP contribution in [-0.4, -0.2) is 46.5 Å². The second-order valence-corrected chi connectivity index (χ2v) is 10.8. The lowest BCUT2D eigenvalue weighted by molar-refractivity contribution is -0.178. The lowest BCUT2D eigenvalue weighted by Gasteiger charge is -2.21. The zero-order chi connectivity index (χ0) is 26.5. The molecule has 0 aliphatic rings. The Kier molecular flexibility index (Phi) is 10.3. The van der Waals surface area contributed by atoms with Crippen LogP contribution in [0, 0.1) is 10.5 Å². The molecule has 0 bridgehead atoms. The number of anilines is 1. The molecule has 2 aromatic rings. The van der Waals surface area contributed by atoms with E-state index in [0.29, 0.717) is 9.32 Å². The van der Waals surface area contributed by atoms with E-state index in [4.69, 9.17) is 0 Å². The Balaban J connectivity index is 2.29. The van der Waals surface area contributed by atoms with Gasteiger partial charge in [0.05, 0.1) is 17.2 Å². The lowest BCUT2D eigenvalue weighted by atomic mass is 9.96. The van der Waals surface area contributed by atoms with Crippen LogP contribution in [0.3, 0.4) is 0 Å². The van der Waals surface area contributed by atoms with Crippen LogP contribution in [0.4, 0.5) is 27.6 Å². The van der Waals surface area contributed by atoms with Gasteiger partial charge in [-0.2, -0.15) is 13.2 Å². The number of hydrogen-bond donors (Lipinski definition) is 2. The number of benzene rings is 2. The summed E-state index contributed by atoms with van der Waals surface area (Å²) >= 11 is 0.792. The van der Waals surface area contributed by atoms with Gasteiger partial charge >= 0.3 is 6.18 Å². The number of halogens is 6. The molecular formula is C23H24F5IN2O3S. The molecule has 35 heavy (non-hydrogen) atoms. The highest BCUT2D eigenvalue weighted by atomic mass is 127. The minimum atomic E-state index is -5.13. The molecular weight excluding hydrogens is 606 g/mol. The third-order valence-corrected chi connectivity index (χ3v) is 7.50. The largest absolute Gasteiger partial charge is 0.616 e. The molecule has 3 atom stereocenters. The van der Waals surface area contributed by atoms with Gasteiger partial charge < -0.3 is 15.2 Å². The number of hydrogen-bond acceptors (Lipinski definition) is 3. The molecule has 0 fully saturated rings. The van der Waals surface area contributed by atoms with Gasteiger partial charge in [-0.15, -0.1) is 0 Å². The fourth-order valence-corrected chi connectivity index (χ4v) is 4.99. The molecule has 0 saturated carbocycles. The SMILES string of the molecule is CC[S+]([O-])C[C@H](C)NC(=O)c1c(I)cccc1C(=O)Nc1ccc(C(C(F)F)C(F)(F)F)cc1C. The summed E-state index contributed by atoms with van der Waals surface area (Å²) in [5.74, 6) is -3.50. The summed E-state index contributed by atoms with van der Waals surface area (Å²) in [7, 11) is 0. The molecule has 12 heteroatoms. The lowest BCUT2D eigenvalue weighted by Crippen LogP contribution is -2.39. The van der Waals surface area contributed by atoms with Gasteiger partial charge in [0.15, 0.2) is 0 Å². The van der Waals surface area contributed by atoms with Crippen molar-refractivity contribution in [2.75, 3.05) is 16.8 Å². The van der Waals surface area contributed by atoms with E-state index in [1.165, 1.54) is 13.0 Å². The maximum absolute atomic E-state index is 13.1. The van der Waals surface area contributed by atoms with Crippen molar-refractivity contribution in [3.63, 3.8) is 0 Å². The van der Waals surface area contributed by atoms with E-state index in [1.54, 1.807) is 26.0 Å². The fourth-order valence-electron chi connectivity index (χ4n) is 3.37. The summed E-state index contributed by atoms with van der Waals surface area (Å²) in [5.41, 5.74) is -0.244. The van der Waals surface area contributed by atoms with Gasteiger partial charge in [0, 0.05) is 9.26 Å². The summed E-state index contributed by atoms with van der Waals surface area (Å²) in [4.78, 5) is 25.9. The first-order valence-electron chi connectivity index (χ1n) is 10.5. The second-order valence-electron chi connectivity index (χ2n) is 7.81. The van der Waals surface area contributed by atoms with Crippen molar-refractivity contribution in [1.82, 2.24) is 5.32 Å². The highest BCUT2D eigenvalue weighted by molar-refractivity contribution is 14.1.